The summed E-state index contributed by atoms with van der Waals surface area (Å²) < 4.78 is 13.0. The summed E-state index contributed by atoms with van der Waals surface area (Å²) in [5.74, 6) is 0.169. The number of nitrogen functional groups attached to an aromatic ring is 1. The molecule has 3 heterocycles. The Morgan fingerprint density at radius 2 is 1.87 bits per heavy atom. The van der Waals surface area contributed by atoms with Crippen LogP contribution in [0.4, 0.5) is 5.82 Å². The molecule has 1 aliphatic heterocycles. The van der Waals surface area contributed by atoms with E-state index in [1.54, 1.807) is 4.57 Å². The Morgan fingerprint density at radius 3 is 2.61 bits per heavy atom. The van der Waals surface area contributed by atoms with E-state index >= 15 is 0 Å². The van der Waals surface area contributed by atoms with E-state index in [9.17, 15) is 4.79 Å². The van der Waals surface area contributed by atoms with Crippen molar-refractivity contribution in [3.63, 3.8) is 0 Å². The van der Waals surface area contributed by atoms with Crippen molar-refractivity contribution in [1.29, 1.82) is 0 Å². The molecule has 3 aromatic rings. The van der Waals surface area contributed by atoms with Crippen molar-refractivity contribution < 1.29 is 9.47 Å². The Labute approximate surface area is 181 Å². The Bertz CT molecular complexity index is 1080. The molecule has 1 aliphatic rings. The van der Waals surface area contributed by atoms with Crippen LogP contribution in [0.2, 0.25) is 0 Å². The van der Waals surface area contributed by atoms with Gasteiger partial charge in [0.1, 0.15) is 5.82 Å². The first-order valence-electron chi connectivity index (χ1n) is 10.8. The monoisotopic (exact) mass is 426 g/mol. The molecule has 0 spiro atoms. The third-order valence-corrected chi connectivity index (χ3v) is 5.39. The van der Waals surface area contributed by atoms with Crippen LogP contribution in [0.1, 0.15) is 44.2 Å². The minimum Gasteiger partial charge on any atom is -0.437 e. The lowest BCUT2D eigenvalue weighted by atomic mass is 10.1. The molecule has 1 aromatic carbocycles. The number of piperidine rings is 1. The van der Waals surface area contributed by atoms with E-state index in [4.69, 9.17) is 15.2 Å². The van der Waals surface area contributed by atoms with Gasteiger partial charge in [0.25, 0.3) is 0 Å². The largest absolute Gasteiger partial charge is 0.437 e. The highest BCUT2D eigenvalue weighted by Gasteiger charge is 2.18. The van der Waals surface area contributed by atoms with Gasteiger partial charge in [-0.05, 0) is 50.9 Å². The molecule has 9 heteroatoms. The number of aromatic nitrogens is 4. The van der Waals surface area contributed by atoms with Crippen LogP contribution in [0.5, 0.6) is 6.01 Å². The number of likely N-dealkylation sites (tertiary alicyclic amines) is 1. The van der Waals surface area contributed by atoms with Crippen LogP contribution in [0.15, 0.2) is 29.1 Å². The van der Waals surface area contributed by atoms with Crippen molar-refractivity contribution >= 4 is 17.0 Å². The van der Waals surface area contributed by atoms with Crippen LogP contribution < -0.4 is 16.2 Å². The van der Waals surface area contributed by atoms with Crippen LogP contribution >= 0.6 is 0 Å². The zero-order valence-electron chi connectivity index (χ0n) is 18.1. The molecular formula is C22H30N6O3. The first-order chi connectivity index (χ1) is 15.0. The summed E-state index contributed by atoms with van der Waals surface area (Å²) in [6.07, 6.45) is 3.88. The lowest BCUT2D eigenvalue weighted by Crippen LogP contribution is -2.29. The molecule has 0 atom stereocenters. The maximum Gasteiger partial charge on any atom is 0.348 e. The van der Waals surface area contributed by atoms with Gasteiger partial charge < -0.3 is 15.2 Å². The fourth-order valence-corrected chi connectivity index (χ4v) is 3.88. The fraction of sp³-hybridized carbons (Fsp3) is 0.500. The van der Waals surface area contributed by atoms with Gasteiger partial charge in [0.2, 0.25) is 0 Å². The molecular weight excluding hydrogens is 396 g/mol. The number of benzene rings is 1. The number of imidazole rings is 1. The van der Waals surface area contributed by atoms with Crippen LogP contribution in [-0.2, 0) is 17.8 Å². The van der Waals surface area contributed by atoms with E-state index in [-0.39, 0.29) is 18.7 Å². The number of nitrogens with one attached hydrogen (secondary N) is 1. The first kappa shape index (κ1) is 21.3. The van der Waals surface area contributed by atoms with Gasteiger partial charge >= 0.3 is 11.7 Å². The van der Waals surface area contributed by atoms with Crippen LogP contribution in [0.25, 0.3) is 11.2 Å². The lowest BCUT2D eigenvalue weighted by molar-refractivity contribution is -0.0255. The number of rotatable bonds is 8. The van der Waals surface area contributed by atoms with Gasteiger partial charge in [-0.3, -0.25) is 14.5 Å². The van der Waals surface area contributed by atoms with E-state index in [1.165, 1.54) is 24.8 Å². The van der Waals surface area contributed by atoms with E-state index in [2.05, 4.69) is 44.1 Å². The molecule has 3 N–H and O–H groups in total. The Kier molecular flexibility index (Phi) is 6.53. The zero-order valence-corrected chi connectivity index (χ0v) is 18.1. The standard InChI is InChI=1S/C22H30N6O3/c1-15(2)30-14-31-22-24-18-19(23)25-21(29)26-20(18)28(22)13-17-8-6-7-16(11-17)12-27-9-4-3-5-10-27/h6-8,11,15H,3-5,9-10,12-14H2,1-2H3,(H3,23,25,26,29). The number of aromatic amines is 1. The van der Waals surface area contributed by atoms with E-state index in [0.29, 0.717) is 23.7 Å². The average molecular weight is 427 g/mol. The molecule has 31 heavy (non-hydrogen) atoms. The summed E-state index contributed by atoms with van der Waals surface area (Å²) in [5.41, 5.74) is 8.59. The quantitative estimate of drug-likeness (QED) is 0.532. The summed E-state index contributed by atoms with van der Waals surface area (Å²) in [4.78, 5) is 25.5. The molecule has 0 bridgehead atoms. The normalized spacial score (nSPS) is 15.1. The lowest BCUT2D eigenvalue weighted by Gasteiger charge is -2.26. The maximum absolute atomic E-state index is 11.9. The number of H-pyrrole nitrogens is 1. The summed E-state index contributed by atoms with van der Waals surface area (Å²) in [6, 6.07) is 8.76. The van der Waals surface area contributed by atoms with E-state index < -0.39 is 5.69 Å². The SMILES string of the molecule is CC(C)OCOc1nc2c(N)[nH]c(=O)nc2n1Cc1cccc(CN2CCCCC2)c1. The van der Waals surface area contributed by atoms with Crippen molar-refractivity contribution in [2.75, 3.05) is 25.6 Å². The highest BCUT2D eigenvalue weighted by Crippen LogP contribution is 2.24. The van der Waals surface area contributed by atoms with Gasteiger partial charge in [0, 0.05) is 6.54 Å². The van der Waals surface area contributed by atoms with Crippen molar-refractivity contribution in [3.05, 3.63) is 45.9 Å². The smallest absolute Gasteiger partial charge is 0.348 e. The number of fused-ring (bicyclic) bond motifs is 1. The number of nitrogens with two attached hydrogens (primary N) is 1. The van der Waals surface area contributed by atoms with Gasteiger partial charge in [-0.25, -0.2) is 4.79 Å². The second-order valence-corrected chi connectivity index (χ2v) is 8.24. The number of hydrogen-bond donors (Lipinski definition) is 2. The van der Waals surface area contributed by atoms with Gasteiger partial charge in [-0.2, -0.15) is 9.97 Å². The molecule has 9 nitrogen and oxygen atoms in total. The molecule has 1 saturated heterocycles. The molecule has 4 rings (SSSR count). The summed E-state index contributed by atoms with van der Waals surface area (Å²) in [6.45, 7) is 7.60. The number of nitrogens with zero attached hydrogens (tertiary/aromatic N) is 4. The maximum atomic E-state index is 11.9. The molecule has 1 fully saturated rings. The second kappa shape index (κ2) is 9.49. The molecule has 0 radical (unpaired) electrons. The Balaban J connectivity index is 1.61. The van der Waals surface area contributed by atoms with Crippen molar-refractivity contribution in [3.8, 4) is 6.01 Å². The third-order valence-electron chi connectivity index (χ3n) is 5.39. The van der Waals surface area contributed by atoms with E-state index in [1.807, 2.05) is 13.8 Å². The van der Waals surface area contributed by atoms with Gasteiger partial charge in [0.05, 0.1) is 12.6 Å². The van der Waals surface area contributed by atoms with Crippen molar-refractivity contribution in [2.45, 2.75) is 52.3 Å². The van der Waals surface area contributed by atoms with Crippen LogP contribution in [-0.4, -0.2) is 50.4 Å². The summed E-state index contributed by atoms with van der Waals surface area (Å²) in [7, 11) is 0. The number of hydrogen-bond acceptors (Lipinski definition) is 7. The minimum atomic E-state index is -0.519. The predicted octanol–water partition coefficient (Wildman–Crippen LogP) is 2.50. The minimum absolute atomic E-state index is 0.0223. The molecule has 0 saturated carbocycles. The van der Waals surface area contributed by atoms with Crippen molar-refractivity contribution in [2.24, 2.45) is 0 Å². The average Bonchev–Trinajstić information content (AvgIpc) is 3.06. The highest BCUT2D eigenvalue weighted by molar-refractivity contribution is 5.82. The second-order valence-electron chi connectivity index (χ2n) is 8.24. The highest BCUT2D eigenvalue weighted by atomic mass is 16.7. The Morgan fingerprint density at radius 1 is 1.13 bits per heavy atom. The fourth-order valence-electron chi connectivity index (χ4n) is 3.88. The topological polar surface area (TPSA) is 111 Å². The number of anilines is 1. The number of ether oxygens (including phenoxy) is 2. The van der Waals surface area contributed by atoms with Crippen LogP contribution in [0.3, 0.4) is 0 Å². The predicted molar refractivity (Wildman–Crippen MR) is 119 cm³/mol. The molecule has 166 valence electrons. The van der Waals surface area contributed by atoms with Crippen molar-refractivity contribution in [1.82, 2.24) is 24.4 Å². The van der Waals surface area contributed by atoms with Gasteiger partial charge in [-0.1, -0.05) is 30.7 Å². The molecule has 0 unspecified atom stereocenters. The molecule has 0 aliphatic carbocycles. The third kappa shape index (κ3) is 5.23. The van der Waals surface area contributed by atoms with Crippen LogP contribution in [0, 0.1) is 0 Å². The summed E-state index contributed by atoms with van der Waals surface area (Å²) >= 11 is 0. The van der Waals surface area contributed by atoms with Gasteiger partial charge in [-0.15, -0.1) is 0 Å². The Hall–Kier alpha value is -2.91. The summed E-state index contributed by atoms with van der Waals surface area (Å²) in [5, 5.41) is 0. The van der Waals surface area contributed by atoms with E-state index in [0.717, 1.165) is 25.2 Å². The molecule has 2 aromatic heterocycles. The molecule has 0 amide bonds. The first-order valence-corrected chi connectivity index (χ1v) is 10.8. The van der Waals surface area contributed by atoms with Gasteiger partial charge in [0.15, 0.2) is 18.0 Å². The zero-order chi connectivity index (χ0) is 21.8.